The van der Waals surface area contributed by atoms with Crippen LogP contribution in [0, 0.1) is 0 Å². The third-order valence-corrected chi connectivity index (χ3v) is 10.1. The summed E-state index contributed by atoms with van der Waals surface area (Å²) in [5.74, 6) is 0. The molecule has 0 saturated carbocycles. The van der Waals surface area contributed by atoms with Crippen LogP contribution in [-0.4, -0.2) is 31.2 Å². The SMILES string of the molecule is CCCCCCCCCCCCCCCCCCC[N+](C)(CC)CCCCCCCCCCCCCCCCCC. The van der Waals surface area contributed by atoms with Gasteiger partial charge in [0, 0.05) is 0 Å². The summed E-state index contributed by atoms with van der Waals surface area (Å²) in [4.78, 5) is 0. The van der Waals surface area contributed by atoms with Crippen molar-refractivity contribution in [2.45, 2.75) is 233 Å². The first kappa shape index (κ1) is 41.0. The molecular weight excluding hydrogens is 494 g/mol. The molecule has 1 nitrogen and oxygen atoms in total. The second kappa shape index (κ2) is 34.5. The molecule has 0 spiro atoms. The Morgan fingerprint density at radius 2 is 0.415 bits per heavy atom. The Hall–Kier alpha value is -0.0400. The molecule has 0 saturated heterocycles. The van der Waals surface area contributed by atoms with Gasteiger partial charge in [0.1, 0.15) is 0 Å². The number of unbranched alkanes of at least 4 members (excludes halogenated alkanes) is 31. The van der Waals surface area contributed by atoms with Crippen LogP contribution >= 0.6 is 0 Å². The zero-order valence-electron chi connectivity index (χ0n) is 29.9. The molecule has 0 aromatic carbocycles. The highest BCUT2D eigenvalue weighted by Gasteiger charge is 2.17. The molecule has 0 radical (unpaired) electrons. The van der Waals surface area contributed by atoms with Gasteiger partial charge in [-0.2, -0.15) is 0 Å². The second-order valence-electron chi connectivity index (χ2n) is 14.3. The zero-order valence-corrected chi connectivity index (χ0v) is 29.9. The van der Waals surface area contributed by atoms with E-state index in [0.717, 1.165) is 0 Å². The lowest BCUT2D eigenvalue weighted by Crippen LogP contribution is -2.45. The third kappa shape index (κ3) is 32.7. The van der Waals surface area contributed by atoms with E-state index in [1.807, 2.05) is 0 Å². The zero-order chi connectivity index (χ0) is 30.0. The van der Waals surface area contributed by atoms with E-state index < -0.39 is 0 Å². The molecule has 0 N–H and O–H groups in total. The molecular formula is C40H84N+. The van der Waals surface area contributed by atoms with Crippen LogP contribution in [-0.2, 0) is 0 Å². The molecule has 0 aromatic rings. The van der Waals surface area contributed by atoms with E-state index in [1.54, 1.807) is 0 Å². The van der Waals surface area contributed by atoms with Gasteiger partial charge in [0.2, 0.25) is 0 Å². The van der Waals surface area contributed by atoms with Crippen LogP contribution in [0.25, 0.3) is 0 Å². The summed E-state index contributed by atoms with van der Waals surface area (Å²) in [5.41, 5.74) is 0. The topological polar surface area (TPSA) is 0 Å². The lowest BCUT2D eigenvalue weighted by atomic mass is 10.0. The Labute approximate surface area is 263 Å². The Morgan fingerprint density at radius 1 is 0.244 bits per heavy atom. The van der Waals surface area contributed by atoms with E-state index in [0.29, 0.717) is 0 Å². The maximum Gasteiger partial charge on any atom is 0.0784 e. The van der Waals surface area contributed by atoms with Crippen molar-refractivity contribution in [3.63, 3.8) is 0 Å². The molecule has 0 heterocycles. The lowest BCUT2D eigenvalue weighted by molar-refractivity contribution is -0.908. The summed E-state index contributed by atoms with van der Waals surface area (Å²) in [7, 11) is 2.53. The minimum Gasteiger partial charge on any atom is -0.326 e. The number of quaternary nitrogens is 1. The number of hydrogen-bond acceptors (Lipinski definition) is 0. The van der Waals surface area contributed by atoms with E-state index in [-0.39, 0.29) is 0 Å². The molecule has 41 heavy (non-hydrogen) atoms. The third-order valence-electron chi connectivity index (χ3n) is 10.1. The number of rotatable bonds is 36. The van der Waals surface area contributed by atoms with Crippen molar-refractivity contribution in [1.82, 2.24) is 0 Å². The largest absolute Gasteiger partial charge is 0.326 e. The van der Waals surface area contributed by atoms with Crippen molar-refractivity contribution in [2.75, 3.05) is 26.7 Å². The monoisotopic (exact) mass is 579 g/mol. The Kier molecular flexibility index (Phi) is 34.4. The summed E-state index contributed by atoms with van der Waals surface area (Å²) in [6, 6.07) is 0. The van der Waals surface area contributed by atoms with Crippen molar-refractivity contribution in [3.8, 4) is 0 Å². The standard InChI is InChI=1S/C40H84N/c1-5-8-10-12-14-16-18-20-22-24-26-28-30-32-34-36-38-40-41(4,7-3)39-37-35-33-31-29-27-25-23-21-19-17-15-13-11-9-6-2/h5-40H2,1-4H3/q+1. The highest BCUT2D eigenvalue weighted by molar-refractivity contribution is 4.53. The van der Waals surface area contributed by atoms with Crippen molar-refractivity contribution in [3.05, 3.63) is 0 Å². The summed E-state index contributed by atoms with van der Waals surface area (Å²) >= 11 is 0. The fourth-order valence-electron chi connectivity index (χ4n) is 6.69. The number of nitrogens with zero attached hydrogens (tertiary/aromatic N) is 1. The first-order valence-corrected chi connectivity index (χ1v) is 20.0. The molecule has 0 fully saturated rings. The van der Waals surface area contributed by atoms with Crippen LogP contribution in [0.3, 0.4) is 0 Å². The van der Waals surface area contributed by atoms with Crippen LogP contribution in [0.4, 0.5) is 0 Å². The van der Waals surface area contributed by atoms with Crippen LogP contribution in [0.15, 0.2) is 0 Å². The quantitative estimate of drug-likeness (QED) is 0.0512. The average Bonchev–Trinajstić information content (AvgIpc) is 2.98. The minimum atomic E-state index is 1.32. The fraction of sp³-hybridized carbons (Fsp3) is 1.00. The minimum absolute atomic E-state index is 1.32. The van der Waals surface area contributed by atoms with Gasteiger partial charge in [-0.15, -0.1) is 0 Å². The summed E-state index contributed by atoms with van der Waals surface area (Å²) in [6.45, 7) is 11.2. The van der Waals surface area contributed by atoms with Crippen molar-refractivity contribution in [1.29, 1.82) is 0 Å². The van der Waals surface area contributed by atoms with Gasteiger partial charge >= 0.3 is 0 Å². The Morgan fingerprint density at radius 3 is 0.585 bits per heavy atom. The van der Waals surface area contributed by atoms with Gasteiger partial charge in [-0.25, -0.2) is 0 Å². The van der Waals surface area contributed by atoms with Crippen LogP contribution < -0.4 is 0 Å². The molecule has 0 aliphatic carbocycles. The summed E-state index contributed by atoms with van der Waals surface area (Å²) in [6.07, 6.45) is 48.5. The molecule has 0 aromatic heterocycles. The number of hydrogen-bond donors (Lipinski definition) is 0. The molecule has 0 aliphatic rings. The van der Waals surface area contributed by atoms with Crippen molar-refractivity contribution >= 4 is 0 Å². The lowest BCUT2D eigenvalue weighted by Gasteiger charge is -2.33. The predicted molar refractivity (Wildman–Crippen MR) is 190 cm³/mol. The molecule has 0 amide bonds. The average molecular weight is 579 g/mol. The maximum absolute atomic E-state index is 2.53. The molecule has 0 aliphatic heterocycles. The highest BCUT2D eigenvalue weighted by Crippen LogP contribution is 2.17. The van der Waals surface area contributed by atoms with Crippen LogP contribution in [0.5, 0.6) is 0 Å². The normalized spacial score (nSPS) is 13.2. The van der Waals surface area contributed by atoms with E-state index >= 15 is 0 Å². The maximum atomic E-state index is 2.53. The van der Waals surface area contributed by atoms with Gasteiger partial charge in [-0.3, -0.25) is 0 Å². The van der Waals surface area contributed by atoms with Gasteiger partial charge in [0.05, 0.1) is 26.7 Å². The van der Waals surface area contributed by atoms with Crippen LogP contribution in [0.2, 0.25) is 0 Å². The molecule has 1 atom stereocenters. The van der Waals surface area contributed by atoms with Gasteiger partial charge < -0.3 is 4.48 Å². The molecule has 1 unspecified atom stereocenters. The summed E-state index contributed by atoms with van der Waals surface area (Å²) in [5, 5.41) is 0. The molecule has 0 rings (SSSR count). The van der Waals surface area contributed by atoms with Gasteiger partial charge in [0.15, 0.2) is 0 Å². The van der Waals surface area contributed by atoms with Crippen LogP contribution in [0.1, 0.15) is 233 Å². The van der Waals surface area contributed by atoms with Gasteiger partial charge in [-0.1, -0.05) is 200 Å². The van der Waals surface area contributed by atoms with E-state index in [4.69, 9.17) is 0 Å². The van der Waals surface area contributed by atoms with E-state index in [9.17, 15) is 0 Å². The van der Waals surface area contributed by atoms with Crippen molar-refractivity contribution in [2.24, 2.45) is 0 Å². The Bertz CT molecular complexity index is 460. The highest BCUT2D eigenvalue weighted by atomic mass is 15.3. The predicted octanol–water partition coefficient (Wildman–Crippen LogP) is 14.4. The smallest absolute Gasteiger partial charge is 0.0784 e. The van der Waals surface area contributed by atoms with Crippen molar-refractivity contribution < 1.29 is 4.48 Å². The van der Waals surface area contributed by atoms with Gasteiger partial charge in [-0.05, 0) is 32.6 Å². The molecule has 1 heteroatoms. The fourth-order valence-corrected chi connectivity index (χ4v) is 6.69. The van der Waals surface area contributed by atoms with E-state index in [2.05, 4.69) is 27.8 Å². The molecule has 0 bridgehead atoms. The second-order valence-corrected chi connectivity index (χ2v) is 14.3. The molecule has 248 valence electrons. The summed E-state index contributed by atoms with van der Waals surface area (Å²) < 4.78 is 1.32. The first-order valence-electron chi connectivity index (χ1n) is 20.0. The Balaban J connectivity index is 3.38. The van der Waals surface area contributed by atoms with Gasteiger partial charge in [0.25, 0.3) is 0 Å². The first-order chi connectivity index (χ1) is 20.2. The van der Waals surface area contributed by atoms with E-state index in [1.165, 1.54) is 236 Å².